The number of nitrogens with zero attached hydrogens (tertiary/aromatic N) is 3. The third-order valence-corrected chi connectivity index (χ3v) is 7.17. The van der Waals surface area contributed by atoms with Crippen LogP contribution in [-0.2, 0) is 16.1 Å². The van der Waals surface area contributed by atoms with Gasteiger partial charge in [-0.15, -0.1) is 5.10 Å². The van der Waals surface area contributed by atoms with E-state index in [0.717, 1.165) is 5.56 Å². The first kappa shape index (κ1) is 25.8. The Balaban J connectivity index is 1.29. The first-order valence-corrected chi connectivity index (χ1v) is 13.1. The number of amides is 2. The Morgan fingerprint density at radius 1 is 1.03 bits per heavy atom. The maximum absolute atomic E-state index is 13.2. The SMILES string of the molecule is O=C(CC1S/C(=N\N=C\c2ccc(-c3ccc(Cl)cc3)o2)N(Cc2ccco2)C1=O)Nc1ccc(Cl)cc1. The van der Waals surface area contributed by atoms with Crippen molar-refractivity contribution in [1.82, 2.24) is 4.90 Å². The molecule has 4 aromatic rings. The van der Waals surface area contributed by atoms with Crippen LogP contribution < -0.4 is 5.32 Å². The maximum Gasteiger partial charge on any atom is 0.243 e. The van der Waals surface area contributed by atoms with Crippen LogP contribution in [0.5, 0.6) is 0 Å². The summed E-state index contributed by atoms with van der Waals surface area (Å²) in [6, 6.07) is 21.1. The first-order valence-electron chi connectivity index (χ1n) is 11.5. The average molecular weight is 567 g/mol. The number of thioether (sulfide) groups is 1. The molecule has 38 heavy (non-hydrogen) atoms. The van der Waals surface area contributed by atoms with Crippen molar-refractivity contribution in [2.75, 3.05) is 5.32 Å². The van der Waals surface area contributed by atoms with Gasteiger partial charge >= 0.3 is 0 Å². The minimum atomic E-state index is -0.661. The molecule has 2 aromatic heterocycles. The Morgan fingerprint density at radius 3 is 2.47 bits per heavy atom. The third kappa shape index (κ3) is 6.36. The van der Waals surface area contributed by atoms with E-state index in [1.54, 1.807) is 54.6 Å². The zero-order valence-electron chi connectivity index (χ0n) is 19.7. The molecule has 11 heteroatoms. The van der Waals surface area contributed by atoms with E-state index in [2.05, 4.69) is 15.5 Å². The molecule has 2 aromatic carbocycles. The van der Waals surface area contributed by atoms with Crippen LogP contribution in [0, 0.1) is 0 Å². The van der Waals surface area contributed by atoms with Crippen molar-refractivity contribution in [3.8, 4) is 11.3 Å². The Morgan fingerprint density at radius 2 is 1.76 bits per heavy atom. The summed E-state index contributed by atoms with van der Waals surface area (Å²) in [6.45, 7) is 0.171. The molecule has 1 fully saturated rings. The van der Waals surface area contributed by atoms with Crippen LogP contribution in [0.2, 0.25) is 10.0 Å². The average Bonchev–Trinajstić information content (AvgIpc) is 3.65. The molecule has 2 amide bonds. The van der Waals surface area contributed by atoms with Crippen molar-refractivity contribution < 1.29 is 18.4 Å². The summed E-state index contributed by atoms with van der Waals surface area (Å²) < 4.78 is 11.2. The monoisotopic (exact) mass is 566 g/mol. The van der Waals surface area contributed by atoms with Gasteiger partial charge < -0.3 is 14.2 Å². The summed E-state index contributed by atoms with van der Waals surface area (Å²) in [5.41, 5.74) is 1.47. The number of rotatable bonds is 8. The fourth-order valence-corrected chi connectivity index (χ4v) is 5.01. The lowest BCUT2D eigenvalue weighted by Crippen LogP contribution is -2.33. The Labute approximate surface area is 232 Å². The van der Waals surface area contributed by atoms with E-state index in [0.29, 0.717) is 38.2 Å². The van der Waals surface area contributed by atoms with Crippen LogP contribution >= 0.6 is 35.0 Å². The standard InChI is InChI=1S/C27H20Cl2N4O4S/c28-18-5-3-17(4-6-18)23-12-11-21(37-23)15-30-32-27-33(16-22-2-1-13-36-22)26(35)24(38-27)14-25(34)31-20-9-7-19(29)8-10-20/h1-13,15,24H,14,16H2,(H,31,34)/b30-15+,32-27-. The Hall–Kier alpha value is -3.79. The highest BCUT2D eigenvalue weighted by molar-refractivity contribution is 8.15. The van der Waals surface area contributed by atoms with Gasteiger partial charge in [0.2, 0.25) is 11.8 Å². The number of carbonyl (C=O) groups is 2. The molecule has 192 valence electrons. The molecular weight excluding hydrogens is 547 g/mol. The highest BCUT2D eigenvalue weighted by Crippen LogP contribution is 2.31. The van der Waals surface area contributed by atoms with Crippen LogP contribution in [0.3, 0.4) is 0 Å². The predicted octanol–water partition coefficient (Wildman–Crippen LogP) is 6.71. The van der Waals surface area contributed by atoms with E-state index in [4.69, 9.17) is 32.0 Å². The molecule has 0 aliphatic carbocycles. The summed E-state index contributed by atoms with van der Waals surface area (Å²) in [5.74, 6) is 1.18. The molecule has 5 rings (SSSR count). The van der Waals surface area contributed by atoms with Crippen LogP contribution in [0.1, 0.15) is 17.9 Å². The van der Waals surface area contributed by atoms with Crippen molar-refractivity contribution >= 4 is 63.8 Å². The lowest BCUT2D eigenvalue weighted by molar-refractivity contribution is -0.128. The predicted molar refractivity (Wildman–Crippen MR) is 150 cm³/mol. The van der Waals surface area contributed by atoms with Gasteiger partial charge in [-0.25, -0.2) is 0 Å². The molecule has 1 atom stereocenters. The maximum atomic E-state index is 13.2. The summed E-state index contributed by atoms with van der Waals surface area (Å²) in [5, 5.41) is 12.1. The van der Waals surface area contributed by atoms with Crippen molar-refractivity contribution in [3.63, 3.8) is 0 Å². The molecule has 0 saturated carbocycles. The van der Waals surface area contributed by atoms with Crippen molar-refractivity contribution in [2.45, 2.75) is 18.2 Å². The number of hydrogen-bond acceptors (Lipinski definition) is 7. The normalized spacial score (nSPS) is 16.6. The zero-order chi connectivity index (χ0) is 26.5. The van der Waals surface area contributed by atoms with Gasteiger partial charge in [-0.2, -0.15) is 5.10 Å². The molecule has 3 heterocycles. The molecule has 1 N–H and O–H groups in total. The van der Waals surface area contributed by atoms with Crippen LogP contribution in [0.25, 0.3) is 11.3 Å². The lowest BCUT2D eigenvalue weighted by atomic mass is 10.2. The third-order valence-electron chi connectivity index (χ3n) is 5.50. The Bertz CT molecular complexity index is 1480. The molecule has 1 aliphatic heterocycles. The minimum Gasteiger partial charge on any atom is -0.467 e. The van der Waals surface area contributed by atoms with Gasteiger partial charge in [0.15, 0.2) is 5.17 Å². The van der Waals surface area contributed by atoms with Crippen molar-refractivity contribution in [3.05, 3.63) is 101 Å². The van der Waals surface area contributed by atoms with Gasteiger partial charge in [0.05, 0.1) is 19.0 Å². The highest BCUT2D eigenvalue weighted by atomic mass is 35.5. The molecule has 8 nitrogen and oxygen atoms in total. The quantitative estimate of drug-likeness (QED) is 0.189. The number of amidine groups is 1. The molecule has 1 saturated heterocycles. The van der Waals surface area contributed by atoms with Crippen LogP contribution in [0.4, 0.5) is 5.69 Å². The van der Waals surface area contributed by atoms with Gasteiger partial charge in [0.25, 0.3) is 0 Å². The summed E-state index contributed by atoms with van der Waals surface area (Å²) >= 11 is 13.0. The molecule has 1 unspecified atom stereocenters. The van der Waals surface area contributed by atoms with Gasteiger partial charge in [-0.1, -0.05) is 35.0 Å². The fourth-order valence-electron chi connectivity index (χ4n) is 3.66. The van der Waals surface area contributed by atoms with E-state index in [9.17, 15) is 9.59 Å². The van der Waals surface area contributed by atoms with Gasteiger partial charge in [-0.05, 0) is 72.8 Å². The second-order valence-corrected chi connectivity index (χ2v) is 10.2. The molecule has 0 spiro atoms. The molecule has 0 bridgehead atoms. The van der Waals surface area contributed by atoms with Gasteiger partial charge in [-0.3, -0.25) is 14.5 Å². The second kappa shape index (κ2) is 11.7. The molecule has 1 aliphatic rings. The minimum absolute atomic E-state index is 0.0356. The topological polar surface area (TPSA) is 100 Å². The van der Waals surface area contributed by atoms with Crippen molar-refractivity contribution in [2.24, 2.45) is 10.2 Å². The number of benzene rings is 2. The number of anilines is 1. The van der Waals surface area contributed by atoms with E-state index in [1.807, 2.05) is 18.2 Å². The summed E-state index contributed by atoms with van der Waals surface area (Å²) in [4.78, 5) is 27.3. The number of halogens is 2. The van der Waals surface area contributed by atoms with Crippen LogP contribution in [-0.4, -0.2) is 33.3 Å². The van der Waals surface area contributed by atoms with Gasteiger partial charge in [0, 0.05) is 27.7 Å². The second-order valence-electron chi connectivity index (χ2n) is 8.21. The van der Waals surface area contributed by atoms with E-state index in [-0.39, 0.29) is 24.8 Å². The number of nitrogens with one attached hydrogen (secondary N) is 1. The van der Waals surface area contributed by atoms with E-state index in [1.165, 1.54) is 29.1 Å². The smallest absolute Gasteiger partial charge is 0.243 e. The zero-order valence-corrected chi connectivity index (χ0v) is 22.0. The first-order chi connectivity index (χ1) is 18.4. The molecular formula is C27H20Cl2N4O4S. The van der Waals surface area contributed by atoms with E-state index >= 15 is 0 Å². The summed E-state index contributed by atoms with van der Waals surface area (Å²) in [7, 11) is 0. The van der Waals surface area contributed by atoms with Gasteiger partial charge in [0.1, 0.15) is 22.5 Å². The largest absolute Gasteiger partial charge is 0.467 e. The van der Waals surface area contributed by atoms with Crippen LogP contribution in [0.15, 0.2) is 98.1 Å². The number of carbonyl (C=O) groups excluding carboxylic acids is 2. The summed E-state index contributed by atoms with van der Waals surface area (Å²) in [6.07, 6.45) is 2.96. The van der Waals surface area contributed by atoms with Crippen molar-refractivity contribution in [1.29, 1.82) is 0 Å². The Kier molecular flexibility index (Phi) is 7.97. The number of hydrogen-bond donors (Lipinski definition) is 1. The molecule has 0 radical (unpaired) electrons. The number of furan rings is 2. The van der Waals surface area contributed by atoms with E-state index < -0.39 is 5.25 Å². The fraction of sp³-hybridized carbons (Fsp3) is 0.111. The highest BCUT2D eigenvalue weighted by Gasteiger charge is 2.39. The lowest BCUT2D eigenvalue weighted by Gasteiger charge is -2.14.